The van der Waals surface area contributed by atoms with Crippen molar-refractivity contribution in [1.29, 1.82) is 0 Å². The summed E-state index contributed by atoms with van der Waals surface area (Å²) in [7, 11) is 0. The zero-order chi connectivity index (χ0) is 17.4. The molecule has 0 bridgehead atoms. The normalized spacial score (nSPS) is 26.9. The summed E-state index contributed by atoms with van der Waals surface area (Å²) in [5, 5.41) is 13.9. The van der Waals surface area contributed by atoms with Crippen molar-refractivity contribution >= 4 is 11.5 Å². The third-order valence-corrected chi connectivity index (χ3v) is 5.60. The molecule has 0 heterocycles. The van der Waals surface area contributed by atoms with Gasteiger partial charge in [-0.1, -0.05) is 0 Å². The van der Waals surface area contributed by atoms with Crippen molar-refractivity contribution in [2.45, 2.75) is 69.6 Å². The minimum atomic E-state index is -1.47. The Balaban J connectivity index is 1.57. The van der Waals surface area contributed by atoms with Crippen molar-refractivity contribution in [2.24, 2.45) is 0 Å². The molecule has 3 aliphatic rings. The molecule has 0 aromatic heterocycles. The van der Waals surface area contributed by atoms with E-state index in [1.165, 1.54) is 6.07 Å². The van der Waals surface area contributed by atoms with Crippen LogP contribution in [0, 0.1) is 5.82 Å². The smallest absolute Gasteiger partial charge is 0.165 e. The number of allylic oxidation sites excluding steroid dienone is 1. The predicted octanol–water partition coefficient (Wildman–Crippen LogP) is 4.09. The summed E-state index contributed by atoms with van der Waals surface area (Å²) in [5.74, 6) is 0.120. The molecular weight excluding hydrogens is 321 g/mol. The fourth-order valence-corrected chi connectivity index (χ4v) is 4.33. The first kappa shape index (κ1) is 16.6. The Morgan fingerprint density at radius 3 is 2.72 bits per heavy atom. The lowest BCUT2D eigenvalue weighted by atomic mass is 9.90. The standard InChI is InChI=1S/C20H24FNO3/c21-17-10-9-14(25-13-5-1-2-6-13)11-18(17)22-20(24)12-19(23)15-7-3-4-8-16(15)20/h9-11,13,22,24H,1-8,12H2. The maximum Gasteiger partial charge on any atom is 0.165 e. The minimum absolute atomic E-state index is 0.0230. The molecule has 1 saturated carbocycles. The van der Waals surface area contributed by atoms with Crippen molar-refractivity contribution in [3.63, 3.8) is 0 Å². The van der Waals surface area contributed by atoms with Gasteiger partial charge in [0.1, 0.15) is 11.6 Å². The molecule has 0 saturated heterocycles. The number of aliphatic hydroxyl groups is 1. The maximum atomic E-state index is 14.3. The Kier molecular flexibility index (Phi) is 4.28. The summed E-state index contributed by atoms with van der Waals surface area (Å²) >= 11 is 0. The SMILES string of the molecule is O=C1CC(O)(Nc2cc(OC3CCCC3)ccc2F)C2=C1CCCC2. The molecule has 1 unspecified atom stereocenters. The number of ether oxygens (including phenoxy) is 1. The van der Waals surface area contributed by atoms with E-state index in [2.05, 4.69) is 5.32 Å². The highest BCUT2D eigenvalue weighted by Gasteiger charge is 2.44. The third-order valence-electron chi connectivity index (χ3n) is 5.60. The van der Waals surface area contributed by atoms with Crippen LogP contribution in [0.15, 0.2) is 29.3 Å². The number of Topliss-reactive ketones (excluding diaryl/α,β-unsaturated/α-hetero) is 1. The van der Waals surface area contributed by atoms with E-state index in [9.17, 15) is 14.3 Å². The van der Waals surface area contributed by atoms with Gasteiger partial charge in [-0.15, -0.1) is 0 Å². The van der Waals surface area contributed by atoms with Crippen molar-refractivity contribution in [1.82, 2.24) is 0 Å². The lowest BCUT2D eigenvalue weighted by molar-refractivity contribution is -0.117. The first-order valence-electron chi connectivity index (χ1n) is 9.28. The van der Waals surface area contributed by atoms with E-state index in [0.29, 0.717) is 18.6 Å². The zero-order valence-electron chi connectivity index (χ0n) is 14.3. The predicted molar refractivity (Wildman–Crippen MR) is 93.0 cm³/mol. The monoisotopic (exact) mass is 345 g/mol. The highest BCUT2D eigenvalue weighted by atomic mass is 19.1. The molecule has 134 valence electrons. The topological polar surface area (TPSA) is 58.6 Å². The van der Waals surface area contributed by atoms with Gasteiger partial charge >= 0.3 is 0 Å². The quantitative estimate of drug-likeness (QED) is 0.807. The van der Waals surface area contributed by atoms with Gasteiger partial charge in [0, 0.05) is 6.07 Å². The van der Waals surface area contributed by atoms with Crippen molar-refractivity contribution in [3.05, 3.63) is 35.2 Å². The van der Waals surface area contributed by atoms with Gasteiger partial charge in [0.2, 0.25) is 0 Å². The number of halogens is 1. The molecule has 1 atom stereocenters. The van der Waals surface area contributed by atoms with E-state index < -0.39 is 11.5 Å². The molecule has 2 N–H and O–H groups in total. The van der Waals surface area contributed by atoms with Gasteiger partial charge in [0.05, 0.1) is 18.2 Å². The second-order valence-electron chi connectivity index (χ2n) is 7.42. The van der Waals surface area contributed by atoms with Gasteiger partial charge in [-0.2, -0.15) is 0 Å². The van der Waals surface area contributed by atoms with E-state index in [0.717, 1.165) is 49.7 Å². The Morgan fingerprint density at radius 2 is 1.92 bits per heavy atom. The van der Waals surface area contributed by atoms with Crippen molar-refractivity contribution in [2.75, 3.05) is 5.32 Å². The highest BCUT2D eigenvalue weighted by molar-refractivity contribution is 6.01. The van der Waals surface area contributed by atoms with Crippen LogP contribution in [0.25, 0.3) is 0 Å². The van der Waals surface area contributed by atoms with Crippen molar-refractivity contribution in [3.8, 4) is 5.75 Å². The van der Waals surface area contributed by atoms with Gasteiger partial charge in [-0.05, 0) is 74.6 Å². The van der Waals surface area contributed by atoms with Crippen molar-refractivity contribution < 1.29 is 19.0 Å². The summed E-state index contributed by atoms with van der Waals surface area (Å²) in [6.07, 6.45) is 7.85. The lowest BCUT2D eigenvalue weighted by Gasteiger charge is -2.30. The molecule has 25 heavy (non-hydrogen) atoms. The van der Waals surface area contributed by atoms with E-state index >= 15 is 0 Å². The summed E-state index contributed by atoms with van der Waals surface area (Å²) in [6.45, 7) is 0. The second-order valence-corrected chi connectivity index (χ2v) is 7.42. The summed E-state index contributed by atoms with van der Waals surface area (Å²) in [5.41, 5.74) is 0.190. The number of carbonyl (C=O) groups is 1. The van der Waals surface area contributed by atoms with Crippen LogP contribution >= 0.6 is 0 Å². The molecule has 5 heteroatoms. The second kappa shape index (κ2) is 6.45. The van der Waals surface area contributed by atoms with Crippen LogP contribution < -0.4 is 10.1 Å². The zero-order valence-corrected chi connectivity index (χ0v) is 14.3. The number of hydrogen-bond acceptors (Lipinski definition) is 4. The number of benzene rings is 1. The lowest BCUT2D eigenvalue weighted by Crippen LogP contribution is -2.39. The average molecular weight is 345 g/mol. The van der Waals surface area contributed by atoms with Gasteiger partial charge in [0.25, 0.3) is 0 Å². The van der Waals surface area contributed by atoms with Crippen LogP contribution in [0.1, 0.15) is 57.8 Å². The number of ketones is 1. The highest BCUT2D eigenvalue weighted by Crippen LogP contribution is 2.42. The Bertz CT molecular complexity index is 724. The molecular formula is C20H24FNO3. The molecule has 3 aliphatic carbocycles. The number of rotatable bonds is 4. The van der Waals surface area contributed by atoms with Crippen LogP contribution in [0.2, 0.25) is 0 Å². The van der Waals surface area contributed by atoms with Gasteiger partial charge in [-0.25, -0.2) is 4.39 Å². The Labute approximate surface area is 147 Å². The molecule has 0 amide bonds. The number of hydrogen-bond donors (Lipinski definition) is 2. The van der Waals surface area contributed by atoms with Crippen LogP contribution in [-0.2, 0) is 4.79 Å². The minimum Gasteiger partial charge on any atom is -0.490 e. The molecule has 1 fully saturated rings. The summed E-state index contributed by atoms with van der Waals surface area (Å²) < 4.78 is 20.2. The fourth-order valence-electron chi connectivity index (χ4n) is 4.33. The first-order chi connectivity index (χ1) is 12.0. The van der Waals surface area contributed by atoms with E-state index in [4.69, 9.17) is 4.74 Å². The van der Waals surface area contributed by atoms with Crippen LogP contribution in [-0.4, -0.2) is 22.7 Å². The third kappa shape index (κ3) is 3.17. The van der Waals surface area contributed by atoms with E-state index in [1.807, 2.05) is 0 Å². The molecule has 1 aromatic rings. The van der Waals surface area contributed by atoms with Gasteiger partial charge in [-0.3, -0.25) is 4.79 Å². The molecule has 4 rings (SSSR count). The van der Waals surface area contributed by atoms with E-state index in [-0.39, 0.29) is 24.0 Å². The Morgan fingerprint density at radius 1 is 1.16 bits per heavy atom. The van der Waals surface area contributed by atoms with Gasteiger partial charge in [0.15, 0.2) is 11.5 Å². The van der Waals surface area contributed by atoms with Crippen LogP contribution in [0.4, 0.5) is 10.1 Å². The summed E-state index contributed by atoms with van der Waals surface area (Å²) in [4.78, 5) is 12.2. The molecule has 0 radical (unpaired) electrons. The fraction of sp³-hybridized carbons (Fsp3) is 0.550. The van der Waals surface area contributed by atoms with Crippen LogP contribution in [0.3, 0.4) is 0 Å². The number of nitrogens with one attached hydrogen (secondary N) is 1. The largest absolute Gasteiger partial charge is 0.490 e. The number of anilines is 1. The van der Waals surface area contributed by atoms with E-state index in [1.54, 1.807) is 12.1 Å². The molecule has 4 nitrogen and oxygen atoms in total. The molecule has 1 aromatic carbocycles. The molecule has 0 aliphatic heterocycles. The summed E-state index contributed by atoms with van der Waals surface area (Å²) in [6, 6.07) is 4.56. The first-order valence-corrected chi connectivity index (χ1v) is 9.28. The van der Waals surface area contributed by atoms with Gasteiger partial charge < -0.3 is 15.2 Å². The molecule has 0 spiro atoms. The maximum absolute atomic E-state index is 14.3. The Hall–Kier alpha value is -1.88. The number of carbonyl (C=O) groups excluding carboxylic acids is 1. The average Bonchev–Trinajstić information content (AvgIpc) is 3.18. The van der Waals surface area contributed by atoms with Crippen LogP contribution in [0.5, 0.6) is 5.75 Å².